The topological polar surface area (TPSA) is 48.2 Å². The van der Waals surface area contributed by atoms with Gasteiger partial charge in [0.25, 0.3) is 3.90 Å². The molecule has 0 aliphatic rings. The van der Waals surface area contributed by atoms with Crippen LogP contribution in [0.25, 0.3) is 11.5 Å². The van der Waals surface area contributed by atoms with Gasteiger partial charge in [-0.05, 0) is 34.1 Å². The second-order valence-electron chi connectivity index (χ2n) is 2.71. The van der Waals surface area contributed by atoms with Gasteiger partial charge in [0.15, 0.2) is 0 Å². The van der Waals surface area contributed by atoms with Gasteiger partial charge in [0.05, 0.1) is 11.6 Å². The Bertz CT molecular complexity index is 487. The third-order valence-electron chi connectivity index (χ3n) is 1.80. The summed E-state index contributed by atoms with van der Waals surface area (Å²) >= 11 is 5.37. The Morgan fingerprint density at radius 1 is 1.40 bits per heavy atom. The first kappa shape index (κ1) is 10.9. The third-order valence-corrected chi connectivity index (χ3v) is 2.85. The molecule has 1 aromatic heterocycles. The average Bonchev–Trinajstić information content (AvgIpc) is 2.65. The van der Waals surface area contributed by atoms with Crippen molar-refractivity contribution in [2.45, 2.75) is 0 Å². The van der Waals surface area contributed by atoms with Crippen molar-refractivity contribution in [2.75, 3.05) is 7.11 Å². The van der Waals surface area contributed by atoms with E-state index >= 15 is 0 Å². The Morgan fingerprint density at radius 2 is 2.20 bits per heavy atom. The lowest BCUT2D eigenvalue weighted by molar-refractivity contribution is 0.412. The molecule has 0 bridgehead atoms. The third kappa shape index (κ3) is 2.31. The molecule has 0 aliphatic carbocycles. The molecule has 15 heavy (non-hydrogen) atoms. The summed E-state index contributed by atoms with van der Waals surface area (Å²) in [5.41, 5.74) is 0.859. The predicted molar refractivity (Wildman–Crippen MR) is 66.7 cm³/mol. The van der Waals surface area contributed by atoms with Gasteiger partial charge in [-0.25, -0.2) is 0 Å². The summed E-state index contributed by atoms with van der Waals surface area (Å²) in [6.07, 6.45) is 0. The number of aromatic nitrogens is 2. The van der Waals surface area contributed by atoms with E-state index in [0.29, 0.717) is 9.79 Å². The Labute approximate surface area is 108 Å². The Hall–Kier alpha value is -0.630. The molecule has 0 spiro atoms. The summed E-state index contributed by atoms with van der Waals surface area (Å²) in [5.74, 6) is 1.27. The molecule has 78 valence electrons. The number of hydrogen-bond donors (Lipinski definition) is 0. The zero-order chi connectivity index (χ0) is 10.8. The molecule has 0 aliphatic heterocycles. The monoisotopic (exact) mass is 380 g/mol. The van der Waals surface area contributed by atoms with Crippen LogP contribution in [0.5, 0.6) is 5.75 Å². The second kappa shape index (κ2) is 4.48. The number of hydrogen-bond acceptors (Lipinski definition) is 4. The molecule has 0 fully saturated rings. The highest BCUT2D eigenvalue weighted by atomic mass is 127. The molecule has 2 aromatic rings. The maximum absolute atomic E-state index is 5.30. The van der Waals surface area contributed by atoms with Gasteiger partial charge in [-0.3, -0.25) is 0 Å². The first-order valence-electron chi connectivity index (χ1n) is 4.03. The van der Waals surface area contributed by atoms with E-state index in [2.05, 4.69) is 26.1 Å². The van der Waals surface area contributed by atoms with Gasteiger partial charge in [-0.2, -0.15) is 0 Å². The molecular formula is C9H6BrIN2O2. The van der Waals surface area contributed by atoms with Crippen molar-refractivity contribution < 1.29 is 9.15 Å². The quantitative estimate of drug-likeness (QED) is 0.751. The maximum atomic E-state index is 5.30. The van der Waals surface area contributed by atoms with Crippen LogP contribution in [0.15, 0.2) is 27.1 Å². The highest BCUT2D eigenvalue weighted by Crippen LogP contribution is 2.29. The maximum Gasteiger partial charge on any atom is 0.278 e. The van der Waals surface area contributed by atoms with Crippen LogP contribution in [0.2, 0.25) is 0 Å². The van der Waals surface area contributed by atoms with Crippen LogP contribution < -0.4 is 4.74 Å². The molecule has 1 heterocycles. The molecule has 0 amide bonds. The number of ether oxygens (including phenoxy) is 1. The predicted octanol–water partition coefficient (Wildman–Crippen LogP) is 3.11. The summed E-state index contributed by atoms with van der Waals surface area (Å²) in [7, 11) is 1.62. The van der Waals surface area contributed by atoms with E-state index in [1.165, 1.54) is 0 Å². The minimum Gasteiger partial charge on any atom is -0.496 e. The largest absolute Gasteiger partial charge is 0.496 e. The van der Waals surface area contributed by atoms with Crippen LogP contribution in [0.1, 0.15) is 0 Å². The number of nitrogens with zero attached hydrogens (tertiary/aromatic N) is 2. The van der Waals surface area contributed by atoms with Gasteiger partial charge >= 0.3 is 0 Å². The van der Waals surface area contributed by atoms with E-state index in [0.717, 1.165) is 15.8 Å². The summed E-state index contributed by atoms with van der Waals surface area (Å²) < 4.78 is 11.8. The van der Waals surface area contributed by atoms with E-state index in [9.17, 15) is 0 Å². The molecule has 0 radical (unpaired) electrons. The number of rotatable bonds is 2. The van der Waals surface area contributed by atoms with Crippen LogP contribution in [-0.2, 0) is 0 Å². The molecule has 4 nitrogen and oxygen atoms in total. The Morgan fingerprint density at radius 3 is 2.73 bits per heavy atom. The summed E-state index contributed by atoms with van der Waals surface area (Å²) in [6, 6.07) is 5.59. The highest BCUT2D eigenvalue weighted by Gasteiger charge is 2.08. The van der Waals surface area contributed by atoms with E-state index < -0.39 is 0 Å². The standard InChI is InChI=1S/C9H6BrIN2O2/c1-14-7-3-2-5(4-6(7)10)8-12-13-9(11)15-8/h2-4H,1H3. The zero-order valence-electron chi connectivity index (χ0n) is 7.70. The fourth-order valence-electron chi connectivity index (χ4n) is 1.12. The smallest absolute Gasteiger partial charge is 0.278 e. The van der Waals surface area contributed by atoms with E-state index in [1.807, 2.05) is 40.8 Å². The molecular weight excluding hydrogens is 375 g/mol. The molecule has 0 unspecified atom stereocenters. The SMILES string of the molecule is COc1ccc(-c2nnc(I)o2)cc1Br. The van der Waals surface area contributed by atoms with Crippen molar-refractivity contribution in [1.29, 1.82) is 0 Å². The molecule has 1 aromatic carbocycles. The second-order valence-corrected chi connectivity index (χ2v) is 4.49. The van der Waals surface area contributed by atoms with Crippen molar-refractivity contribution in [2.24, 2.45) is 0 Å². The normalized spacial score (nSPS) is 10.3. The lowest BCUT2D eigenvalue weighted by Gasteiger charge is -2.03. The van der Waals surface area contributed by atoms with Gasteiger partial charge in [-0.1, -0.05) is 0 Å². The van der Waals surface area contributed by atoms with Crippen LogP contribution in [-0.4, -0.2) is 17.3 Å². The molecule has 6 heteroatoms. The minimum atomic E-state index is 0.503. The first-order chi connectivity index (χ1) is 7.20. The van der Waals surface area contributed by atoms with Crippen LogP contribution in [0.3, 0.4) is 0 Å². The number of halogens is 2. The van der Waals surface area contributed by atoms with Crippen LogP contribution in [0, 0.1) is 3.90 Å². The van der Waals surface area contributed by atoms with Crippen LogP contribution >= 0.6 is 38.5 Å². The van der Waals surface area contributed by atoms with Crippen molar-refractivity contribution in [1.82, 2.24) is 10.2 Å². The molecule has 0 saturated carbocycles. The van der Waals surface area contributed by atoms with Crippen molar-refractivity contribution >= 4 is 38.5 Å². The lowest BCUT2D eigenvalue weighted by atomic mass is 10.2. The summed E-state index contributed by atoms with van der Waals surface area (Å²) in [5, 5.41) is 7.69. The van der Waals surface area contributed by atoms with Gasteiger partial charge in [-0.15, -0.1) is 10.2 Å². The molecule has 0 atom stereocenters. The fourth-order valence-corrected chi connectivity index (χ4v) is 1.98. The number of methoxy groups -OCH3 is 1. The van der Waals surface area contributed by atoms with Crippen molar-refractivity contribution in [3.05, 3.63) is 26.6 Å². The van der Waals surface area contributed by atoms with E-state index in [1.54, 1.807) is 7.11 Å². The fraction of sp³-hybridized carbons (Fsp3) is 0.111. The summed E-state index contributed by atoms with van der Waals surface area (Å²) in [4.78, 5) is 0. The van der Waals surface area contributed by atoms with Crippen molar-refractivity contribution in [3.63, 3.8) is 0 Å². The van der Waals surface area contributed by atoms with E-state index in [-0.39, 0.29) is 0 Å². The Kier molecular flexibility index (Phi) is 3.25. The van der Waals surface area contributed by atoms with Crippen molar-refractivity contribution in [3.8, 4) is 17.2 Å². The highest BCUT2D eigenvalue weighted by molar-refractivity contribution is 14.1. The van der Waals surface area contributed by atoms with E-state index in [4.69, 9.17) is 9.15 Å². The van der Waals surface area contributed by atoms with Crippen LogP contribution in [0.4, 0.5) is 0 Å². The Balaban J connectivity index is 2.42. The van der Waals surface area contributed by atoms with Gasteiger partial charge in [0.1, 0.15) is 5.75 Å². The molecule has 2 rings (SSSR count). The molecule has 0 saturated heterocycles. The number of benzene rings is 1. The first-order valence-corrected chi connectivity index (χ1v) is 5.91. The minimum absolute atomic E-state index is 0.503. The lowest BCUT2D eigenvalue weighted by Crippen LogP contribution is -1.85. The van der Waals surface area contributed by atoms with Gasteiger partial charge in [0, 0.05) is 28.2 Å². The van der Waals surface area contributed by atoms with Gasteiger partial charge < -0.3 is 9.15 Å². The zero-order valence-corrected chi connectivity index (χ0v) is 11.4. The average molecular weight is 381 g/mol. The summed E-state index contributed by atoms with van der Waals surface area (Å²) in [6.45, 7) is 0. The van der Waals surface area contributed by atoms with Gasteiger partial charge in [0.2, 0.25) is 5.89 Å². The molecule has 0 N–H and O–H groups in total.